The lowest BCUT2D eigenvalue weighted by Crippen LogP contribution is -2.54. The van der Waals surface area contributed by atoms with Crippen molar-refractivity contribution in [3.63, 3.8) is 0 Å². The maximum absolute atomic E-state index is 13.7. The molecule has 0 atom stereocenters. The SMILES string of the molecule is O=C(NC1(c2ncc(-c3ccccc3)o2)CCN(C(=O)OCC2c3ccccc3-c3ccccc32)CC1)OCC1c2ccccc2-c2ccccc21. The zero-order chi connectivity index (χ0) is 35.1. The van der Waals surface area contributed by atoms with E-state index in [1.165, 1.54) is 22.3 Å². The van der Waals surface area contributed by atoms with Gasteiger partial charge in [-0.15, -0.1) is 0 Å². The average Bonchev–Trinajstić information content (AvgIpc) is 3.91. The van der Waals surface area contributed by atoms with Gasteiger partial charge in [0, 0.05) is 30.5 Å². The number of nitrogens with one attached hydrogen (secondary N) is 1. The van der Waals surface area contributed by atoms with Gasteiger partial charge in [0.25, 0.3) is 0 Å². The number of ether oxygens (including phenoxy) is 2. The largest absolute Gasteiger partial charge is 0.449 e. The van der Waals surface area contributed by atoms with Crippen LogP contribution in [0.1, 0.15) is 52.8 Å². The van der Waals surface area contributed by atoms with Crippen LogP contribution in [0.2, 0.25) is 0 Å². The van der Waals surface area contributed by atoms with Crippen molar-refractivity contribution < 1.29 is 23.5 Å². The number of piperidine rings is 1. The Morgan fingerprint density at radius 2 is 1.12 bits per heavy atom. The molecule has 1 N–H and O–H groups in total. The monoisotopic (exact) mass is 687 g/mol. The van der Waals surface area contributed by atoms with Gasteiger partial charge >= 0.3 is 12.2 Å². The summed E-state index contributed by atoms with van der Waals surface area (Å²) < 4.78 is 18.3. The van der Waals surface area contributed by atoms with Crippen molar-refractivity contribution in [2.45, 2.75) is 30.2 Å². The first-order chi connectivity index (χ1) is 25.6. The molecule has 8 heteroatoms. The Kier molecular flexibility index (Phi) is 8.07. The van der Waals surface area contributed by atoms with Crippen LogP contribution >= 0.6 is 0 Å². The maximum atomic E-state index is 13.7. The van der Waals surface area contributed by atoms with Crippen LogP contribution in [-0.2, 0) is 15.0 Å². The highest BCUT2D eigenvalue weighted by Crippen LogP contribution is 2.46. The Morgan fingerprint density at radius 3 is 1.63 bits per heavy atom. The van der Waals surface area contributed by atoms with Gasteiger partial charge in [-0.05, 0) is 57.3 Å². The fourth-order valence-electron chi connectivity index (χ4n) is 8.21. The van der Waals surface area contributed by atoms with Gasteiger partial charge in [0.15, 0.2) is 5.76 Å². The van der Waals surface area contributed by atoms with Crippen LogP contribution in [0.5, 0.6) is 0 Å². The molecule has 9 rings (SSSR count). The summed E-state index contributed by atoms with van der Waals surface area (Å²) in [5.74, 6) is 0.880. The normalized spacial score (nSPS) is 15.7. The Hall–Kier alpha value is -6.15. The molecule has 0 spiro atoms. The van der Waals surface area contributed by atoms with Crippen LogP contribution in [0.4, 0.5) is 9.59 Å². The summed E-state index contributed by atoms with van der Waals surface area (Å²) in [4.78, 5) is 33.6. The summed E-state index contributed by atoms with van der Waals surface area (Å²) in [6.07, 6.45) is 1.49. The number of rotatable bonds is 7. The van der Waals surface area contributed by atoms with E-state index in [9.17, 15) is 9.59 Å². The van der Waals surface area contributed by atoms with Crippen molar-refractivity contribution in [3.05, 3.63) is 162 Å². The van der Waals surface area contributed by atoms with E-state index in [-0.39, 0.29) is 31.1 Å². The van der Waals surface area contributed by atoms with Gasteiger partial charge in [0.1, 0.15) is 18.8 Å². The number of hydrogen-bond acceptors (Lipinski definition) is 6. The number of benzene rings is 5. The lowest BCUT2D eigenvalue weighted by molar-refractivity contribution is 0.0637. The van der Waals surface area contributed by atoms with Crippen molar-refractivity contribution >= 4 is 12.2 Å². The van der Waals surface area contributed by atoms with Gasteiger partial charge in [-0.3, -0.25) is 0 Å². The number of hydrogen-bond donors (Lipinski definition) is 1. The van der Waals surface area contributed by atoms with Gasteiger partial charge in [0.2, 0.25) is 5.89 Å². The summed E-state index contributed by atoms with van der Waals surface area (Å²) in [5, 5.41) is 3.15. The standard InChI is InChI=1S/C44H37N3O5/c48-42(50-27-38-34-18-8-4-14-30(34)31-15-5-9-19-35(31)38)46-44(41-45-26-40(52-41)29-12-2-1-3-13-29)22-24-47(25-23-44)43(49)51-28-39-36-20-10-6-16-32(36)33-17-7-11-21-37(33)39/h1-21,26,38-39H,22-25,27-28H2,(H,46,48). The average molecular weight is 688 g/mol. The lowest BCUT2D eigenvalue weighted by atomic mass is 9.87. The molecule has 0 bridgehead atoms. The van der Waals surface area contributed by atoms with E-state index < -0.39 is 11.6 Å². The first-order valence-corrected chi connectivity index (χ1v) is 17.8. The van der Waals surface area contributed by atoms with E-state index in [0.717, 1.165) is 27.8 Å². The van der Waals surface area contributed by atoms with E-state index in [2.05, 4.69) is 58.8 Å². The molecule has 0 unspecified atom stereocenters. The predicted octanol–water partition coefficient (Wildman–Crippen LogP) is 9.12. The number of nitrogens with zero attached hydrogens (tertiary/aromatic N) is 2. The highest BCUT2D eigenvalue weighted by atomic mass is 16.6. The number of alkyl carbamates (subject to hydrolysis) is 1. The third-order valence-corrected chi connectivity index (χ3v) is 10.9. The fourth-order valence-corrected chi connectivity index (χ4v) is 8.21. The third-order valence-electron chi connectivity index (χ3n) is 10.9. The summed E-state index contributed by atoms with van der Waals surface area (Å²) >= 11 is 0. The van der Waals surface area contributed by atoms with Gasteiger partial charge < -0.3 is 24.1 Å². The molecule has 0 saturated carbocycles. The van der Waals surface area contributed by atoms with E-state index in [1.807, 2.05) is 78.9 Å². The van der Waals surface area contributed by atoms with Crippen LogP contribution in [-0.4, -0.2) is 48.4 Å². The summed E-state index contributed by atoms with van der Waals surface area (Å²) in [6, 6.07) is 42.8. The van der Waals surface area contributed by atoms with Crippen molar-refractivity contribution in [1.29, 1.82) is 0 Å². The zero-order valence-electron chi connectivity index (χ0n) is 28.5. The van der Waals surface area contributed by atoms with E-state index in [4.69, 9.17) is 13.9 Å². The highest BCUT2D eigenvalue weighted by Gasteiger charge is 2.44. The fraction of sp³-hybridized carbons (Fsp3) is 0.205. The Balaban J connectivity index is 0.911. The summed E-state index contributed by atoms with van der Waals surface area (Å²) in [5.41, 5.74) is 9.20. The van der Waals surface area contributed by atoms with Crippen molar-refractivity contribution in [2.75, 3.05) is 26.3 Å². The second kappa shape index (κ2) is 13.2. The zero-order valence-corrected chi connectivity index (χ0v) is 28.5. The molecule has 258 valence electrons. The second-order valence-corrected chi connectivity index (χ2v) is 13.7. The van der Waals surface area contributed by atoms with Crippen molar-refractivity contribution in [2.24, 2.45) is 0 Å². The quantitative estimate of drug-likeness (QED) is 0.180. The minimum absolute atomic E-state index is 0.0285. The molecule has 1 aliphatic heterocycles. The molecule has 2 amide bonds. The predicted molar refractivity (Wildman–Crippen MR) is 198 cm³/mol. The number of likely N-dealkylation sites (tertiary alicyclic amines) is 1. The van der Waals surface area contributed by atoms with Crippen LogP contribution < -0.4 is 5.32 Å². The molecular formula is C44H37N3O5. The number of oxazole rings is 1. The molecule has 1 fully saturated rings. The number of fused-ring (bicyclic) bond motifs is 6. The Morgan fingerprint density at radius 1 is 0.654 bits per heavy atom. The molecule has 1 saturated heterocycles. The van der Waals surface area contributed by atoms with Crippen molar-refractivity contribution in [1.82, 2.24) is 15.2 Å². The summed E-state index contributed by atoms with van der Waals surface area (Å²) in [7, 11) is 0. The second-order valence-electron chi connectivity index (χ2n) is 13.7. The first kappa shape index (κ1) is 31.8. The van der Waals surface area contributed by atoms with E-state index in [1.54, 1.807) is 11.1 Å². The molecule has 2 heterocycles. The Bertz CT molecular complexity index is 2180. The smallest absolute Gasteiger partial charge is 0.409 e. The van der Waals surface area contributed by atoms with E-state index in [0.29, 0.717) is 37.6 Å². The minimum atomic E-state index is -0.990. The number of carbonyl (C=O) groups excluding carboxylic acids is 2. The minimum Gasteiger partial charge on any atom is -0.449 e. The molecule has 8 nitrogen and oxygen atoms in total. The molecule has 52 heavy (non-hydrogen) atoms. The topological polar surface area (TPSA) is 93.9 Å². The number of aromatic nitrogens is 1. The van der Waals surface area contributed by atoms with Gasteiger partial charge in [-0.25, -0.2) is 14.6 Å². The molecule has 3 aliphatic rings. The molecular weight excluding hydrogens is 651 g/mol. The molecule has 1 aromatic heterocycles. The van der Waals surface area contributed by atoms with Crippen LogP contribution in [0.15, 0.2) is 138 Å². The number of amides is 2. The Labute approximate surface area is 302 Å². The summed E-state index contributed by atoms with van der Waals surface area (Å²) in [6.45, 7) is 1.10. The van der Waals surface area contributed by atoms with Crippen LogP contribution in [0.25, 0.3) is 33.6 Å². The van der Waals surface area contributed by atoms with Crippen LogP contribution in [0.3, 0.4) is 0 Å². The van der Waals surface area contributed by atoms with Gasteiger partial charge in [0.05, 0.1) is 6.20 Å². The lowest BCUT2D eigenvalue weighted by Gasteiger charge is -2.39. The first-order valence-electron chi connectivity index (χ1n) is 17.8. The van der Waals surface area contributed by atoms with Crippen molar-refractivity contribution in [3.8, 4) is 33.6 Å². The molecule has 0 radical (unpaired) electrons. The third kappa shape index (κ3) is 5.61. The van der Waals surface area contributed by atoms with Gasteiger partial charge in [-0.1, -0.05) is 127 Å². The molecule has 6 aromatic rings. The molecule has 5 aromatic carbocycles. The highest BCUT2D eigenvalue weighted by molar-refractivity contribution is 5.80. The number of carbonyl (C=O) groups is 2. The van der Waals surface area contributed by atoms with Crippen LogP contribution in [0, 0.1) is 0 Å². The van der Waals surface area contributed by atoms with E-state index >= 15 is 0 Å². The van der Waals surface area contributed by atoms with Gasteiger partial charge in [-0.2, -0.15) is 0 Å². The molecule has 2 aliphatic carbocycles. The maximum Gasteiger partial charge on any atom is 0.409 e.